The van der Waals surface area contributed by atoms with E-state index in [0.717, 1.165) is 16.8 Å². The molecule has 0 fully saturated rings. The summed E-state index contributed by atoms with van der Waals surface area (Å²) < 4.78 is 12.7. The van der Waals surface area contributed by atoms with Crippen molar-refractivity contribution in [1.82, 2.24) is 9.78 Å². The van der Waals surface area contributed by atoms with Gasteiger partial charge >= 0.3 is 0 Å². The van der Waals surface area contributed by atoms with Crippen molar-refractivity contribution >= 4 is 11.7 Å². The third-order valence-corrected chi connectivity index (χ3v) is 5.00. The van der Waals surface area contributed by atoms with Crippen LogP contribution in [0.4, 0.5) is 5.82 Å². The van der Waals surface area contributed by atoms with Crippen molar-refractivity contribution in [2.24, 2.45) is 0 Å². The molecular formula is C26H22N4O3. The number of benzene rings is 3. The molecule has 4 aromatic rings. The Hall–Kier alpha value is -4.57. The molecule has 3 aromatic carbocycles. The zero-order valence-electron chi connectivity index (χ0n) is 18.3. The number of para-hydroxylation sites is 2. The second-order valence-corrected chi connectivity index (χ2v) is 7.31. The molecular weight excluding hydrogens is 416 g/mol. The third kappa shape index (κ3) is 4.86. The number of methoxy groups -OCH3 is 1. The van der Waals surface area contributed by atoms with E-state index in [0.29, 0.717) is 28.6 Å². The van der Waals surface area contributed by atoms with Crippen molar-refractivity contribution in [1.29, 1.82) is 5.26 Å². The van der Waals surface area contributed by atoms with E-state index in [1.807, 2.05) is 55.5 Å². The molecule has 1 heterocycles. The number of nitriles is 1. The SMILES string of the molecule is COc1ccccc1-c1cc(NC(=O)COc2ccccc2C#N)n(-c2ccc(C)cc2)n1. The summed E-state index contributed by atoms with van der Waals surface area (Å²) in [5, 5.41) is 16.8. The summed E-state index contributed by atoms with van der Waals surface area (Å²) >= 11 is 0. The van der Waals surface area contributed by atoms with Gasteiger partial charge in [0.05, 0.1) is 24.1 Å². The molecule has 1 N–H and O–H groups in total. The molecule has 0 spiro atoms. The number of aromatic nitrogens is 2. The average Bonchev–Trinajstić information content (AvgIpc) is 3.26. The van der Waals surface area contributed by atoms with E-state index < -0.39 is 0 Å². The standard InChI is InChI=1S/C26H22N4O3/c1-18-11-13-20(14-12-18)30-25(15-22(29-30)21-8-4-6-10-24(21)32-2)28-26(31)17-33-23-9-5-3-7-19(23)16-27/h3-15H,17H2,1-2H3,(H,28,31). The third-order valence-electron chi connectivity index (χ3n) is 5.00. The van der Waals surface area contributed by atoms with Crippen LogP contribution in [0.15, 0.2) is 78.9 Å². The largest absolute Gasteiger partial charge is 0.496 e. The number of anilines is 1. The van der Waals surface area contributed by atoms with E-state index in [1.165, 1.54) is 0 Å². The molecule has 0 radical (unpaired) electrons. The first-order valence-corrected chi connectivity index (χ1v) is 10.3. The molecule has 0 unspecified atom stereocenters. The highest BCUT2D eigenvalue weighted by Gasteiger charge is 2.17. The van der Waals surface area contributed by atoms with Gasteiger partial charge in [0, 0.05) is 11.6 Å². The van der Waals surface area contributed by atoms with Crippen LogP contribution in [-0.2, 0) is 4.79 Å². The van der Waals surface area contributed by atoms with Crippen LogP contribution in [0.2, 0.25) is 0 Å². The molecule has 33 heavy (non-hydrogen) atoms. The van der Waals surface area contributed by atoms with Crippen LogP contribution in [0.1, 0.15) is 11.1 Å². The van der Waals surface area contributed by atoms with Gasteiger partial charge in [-0.3, -0.25) is 4.79 Å². The maximum Gasteiger partial charge on any atom is 0.263 e. The van der Waals surface area contributed by atoms with Gasteiger partial charge in [0.25, 0.3) is 5.91 Å². The van der Waals surface area contributed by atoms with Gasteiger partial charge in [0.1, 0.15) is 23.4 Å². The molecule has 0 saturated carbocycles. The van der Waals surface area contributed by atoms with Crippen LogP contribution in [0.3, 0.4) is 0 Å². The van der Waals surface area contributed by atoms with Crippen molar-refractivity contribution in [3.05, 3.63) is 90.0 Å². The fourth-order valence-electron chi connectivity index (χ4n) is 3.35. The Morgan fingerprint density at radius 1 is 1.03 bits per heavy atom. The predicted octanol–water partition coefficient (Wildman–Crippen LogP) is 4.75. The lowest BCUT2D eigenvalue weighted by atomic mass is 10.1. The summed E-state index contributed by atoms with van der Waals surface area (Å²) in [6.45, 7) is 1.76. The maximum absolute atomic E-state index is 12.7. The molecule has 0 aliphatic heterocycles. The number of hydrogen-bond acceptors (Lipinski definition) is 5. The fraction of sp³-hybridized carbons (Fsp3) is 0.115. The van der Waals surface area contributed by atoms with Gasteiger partial charge in [0.15, 0.2) is 6.61 Å². The average molecular weight is 438 g/mol. The van der Waals surface area contributed by atoms with E-state index in [-0.39, 0.29) is 12.5 Å². The van der Waals surface area contributed by atoms with E-state index in [1.54, 1.807) is 42.1 Å². The van der Waals surface area contributed by atoms with E-state index in [9.17, 15) is 10.1 Å². The summed E-state index contributed by atoms with van der Waals surface area (Å²) in [7, 11) is 1.61. The number of carbonyl (C=O) groups excluding carboxylic acids is 1. The molecule has 1 aromatic heterocycles. The molecule has 7 nitrogen and oxygen atoms in total. The number of ether oxygens (including phenoxy) is 2. The van der Waals surface area contributed by atoms with E-state index in [4.69, 9.17) is 14.6 Å². The van der Waals surface area contributed by atoms with Gasteiger partial charge < -0.3 is 14.8 Å². The summed E-state index contributed by atoms with van der Waals surface area (Å²) in [6.07, 6.45) is 0. The fourth-order valence-corrected chi connectivity index (χ4v) is 3.35. The lowest BCUT2D eigenvalue weighted by Gasteiger charge is -2.10. The number of hydrogen-bond donors (Lipinski definition) is 1. The van der Waals surface area contributed by atoms with E-state index >= 15 is 0 Å². The highest BCUT2D eigenvalue weighted by atomic mass is 16.5. The second kappa shape index (κ2) is 9.71. The Morgan fingerprint density at radius 2 is 1.73 bits per heavy atom. The minimum atomic E-state index is -0.373. The van der Waals surface area contributed by atoms with Crippen LogP contribution in [-0.4, -0.2) is 29.4 Å². The minimum absolute atomic E-state index is 0.248. The minimum Gasteiger partial charge on any atom is -0.496 e. The highest BCUT2D eigenvalue weighted by molar-refractivity contribution is 5.92. The number of aryl methyl sites for hydroxylation is 1. The lowest BCUT2D eigenvalue weighted by molar-refractivity contribution is -0.118. The predicted molar refractivity (Wildman–Crippen MR) is 126 cm³/mol. The van der Waals surface area contributed by atoms with Crippen molar-refractivity contribution in [2.45, 2.75) is 6.92 Å². The van der Waals surface area contributed by atoms with Crippen molar-refractivity contribution in [2.75, 3.05) is 19.0 Å². The normalized spacial score (nSPS) is 10.3. The van der Waals surface area contributed by atoms with Crippen molar-refractivity contribution in [3.63, 3.8) is 0 Å². The number of nitrogens with zero attached hydrogens (tertiary/aromatic N) is 3. The van der Waals surface area contributed by atoms with Crippen LogP contribution >= 0.6 is 0 Å². The monoisotopic (exact) mass is 438 g/mol. The molecule has 0 saturated heterocycles. The molecule has 4 rings (SSSR count). The van der Waals surface area contributed by atoms with Gasteiger partial charge in [-0.25, -0.2) is 4.68 Å². The number of nitrogens with one attached hydrogen (secondary N) is 1. The van der Waals surface area contributed by atoms with Gasteiger partial charge in [-0.05, 0) is 43.3 Å². The molecule has 0 atom stereocenters. The van der Waals surface area contributed by atoms with Crippen molar-refractivity contribution in [3.8, 4) is 34.5 Å². The van der Waals surface area contributed by atoms with Crippen LogP contribution in [0.25, 0.3) is 16.9 Å². The summed E-state index contributed by atoms with van der Waals surface area (Å²) in [5.74, 6) is 1.15. The smallest absolute Gasteiger partial charge is 0.263 e. The van der Waals surface area contributed by atoms with Gasteiger partial charge in [0.2, 0.25) is 0 Å². The highest BCUT2D eigenvalue weighted by Crippen LogP contribution is 2.31. The van der Waals surface area contributed by atoms with Crippen LogP contribution < -0.4 is 14.8 Å². The van der Waals surface area contributed by atoms with Crippen LogP contribution in [0.5, 0.6) is 11.5 Å². The summed E-state index contributed by atoms with van der Waals surface area (Å²) in [4.78, 5) is 12.7. The molecule has 164 valence electrons. The first-order chi connectivity index (χ1) is 16.1. The first-order valence-electron chi connectivity index (χ1n) is 10.3. The number of amides is 1. The van der Waals surface area contributed by atoms with Crippen molar-refractivity contribution < 1.29 is 14.3 Å². The molecule has 0 bridgehead atoms. The molecule has 0 aliphatic rings. The van der Waals surface area contributed by atoms with Gasteiger partial charge in [-0.15, -0.1) is 0 Å². The van der Waals surface area contributed by atoms with Gasteiger partial charge in [-0.1, -0.05) is 42.0 Å². The zero-order chi connectivity index (χ0) is 23.2. The van der Waals surface area contributed by atoms with Crippen LogP contribution in [0, 0.1) is 18.3 Å². The summed E-state index contributed by atoms with van der Waals surface area (Å²) in [5.41, 5.74) is 3.74. The number of carbonyl (C=O) groups is 1. The van der Waals surface area contributed by atoms with Gasteiger partial charge in [-0.2, -0.15) is 10.4 Å². The molecule has 0 aliphatic carbocycles. The molecule has 7 heteroatoms. The molecule has 1 amide bonds. The Labute approximate surface area is 191 Å². The second-order valence-electron chi connectivity index (χ2n) is 7.31. The Kier molecular flexibility index (Phi) is 6.37. The Bertz CT molecular complexity index is 1320. The quantitative estimate of drug-likeness (QED) is 0.450. The summed E-state index contributed by atoms with van der Waals surface area (Å²) in [6, 6.07) is 26.0. The Balaban J connectivity index is 1.63. The lowest BCUT2D eigenvalue weighted by Crippen LogP contribution is -2.22. The number of rotatable bonds is 7. The zero-order valence-corrected chi connectivity index (χ0v) is 18.3. The first kappa shape index (κ1) is 21.7. The maximum atomic E-state index is 12.7. The Morgan fingerprint density at radius 3 is 2.45 bits per heavy atom. The van der Waals surface area contributed by atoms with E-state index in [2.05, 4.69) is 11.4 Å². The topological polar surface area (TPSA) is 89.2 Å².